The van der Waals surface area contributed by atoms with Gasteiger partial charge in [-0.1, -0.05) is 12.1 Å². The molecular weight excluding hydrogens is 416 g/mol. The second-order valence-electron chi connectivity index (χ2n) is 5.42. The third kappa shape index (κ3) is 6.10. The summed E-state index contributed by atoms with van der Waals surface area (Å²) in [6.07, 6.45) is 0.600. The molecule has 0 aromatic heterocycles. The maximum Gasteiger partial charge on any atom is 0.308 e. The average Bonchev–Trinajstić information content (AvgIpc) is 2.64. The van der Waals surface area contributed by atoms with Gasteiger partial charge in [-0.2, -0.15) is 5.10 Å². The normalized spacial score (nSPS) is 11.7. The molecule has 0 spiro atoms. The van der Waals surface area contributed by atoms with E-state index in [0.717, 1.165) is 4.47 Å². The van der Waals surface area contributed by atoms with Crippen LogP contribution in [0, 0.1) is 0 Å². The summed E-state index contributed by atoms with van der Waals surface area (Å²) >= 11 is 3.36. The van der Waals surface area contributed by atoms with Gasteiger partial charge in [-0.25, -0.2) is 5.43 Å². The smallest absolute Gasteiger partial charge is 0.308 e. The third-order valence-corrected chi connectivity index (χ3v) is 4.01. The van der Waals surface area contributed by atoms with Crippen LogP contribution in [0.15, 0.2) is 52.0 Å². The Hall–Kier alpha value is -2.87. The number of ether oxygens (including phenoxy) is 3. The zero-order valence-electron chi connectivity index (χ0n) is 15.1. The highest BCUT2D eigenvalue weighted by Crippen LogP contribution is 2.25. The lowest BCUT2D eigenvalue weighted by Crippen LogP contribution is -2.33. The molecule has 0 aliphatic rings. The van der Waals surface area contributed by atoms with Crippen molar-refractivity contribution in [3.8, 4) is 17.2 Å². The Bertz CT molecular complexity index is 854. The molecule has 0 unspecified atom stereocenters. The van der Waals surface area contributed by atoms with E-state index in [9.17, 15) is 9.59 Å². The van der Waals surface area contributed by atoms with Crippen molar-refractivity contribution in [2.24, 2.45) is 5.10 Å². The SMILES string of the molecule is COc1ccc(OC(C)=O)c(/C=N\NC(=O)[C@@H](C)Oc2ccccc2Br)c1. The summed E-state index contributed by atoms with van der Waals surface area (Å²) < 4.78 is 16.6. The number of nitrogens with one attached hydrogen (secondary N) is 1. The van der Waals surface area contributed by atoms with Crippen molar-refractivity contribution in [1.82, 2.24) is 5.43 Å². The lowest BCUT2D eigenvalue weighted by molar-refractivity contribution is -0.132. The van der Waals surface area contributed by atoms with E-state index in [-0.39, 0.29) is 0 Å². The molecule has 27 heavy (non-hydrogen) atoms. The molecule has 0 radical (unpaired) electrons. The van der Waals surface area contributed by atoms with Crippen molar-refractivity contribution in [1.29, 1.82) is 0 Å². The second kappa shape index (κ2) is 9.72. The molecule has 2 rings (SSSR count). The number of para-hydroxylation sites is 1. The molecule has 142 valence electrons. The molecular formula is C19H19BrN2O5. The maximum atomic E-state index is 12.2. The number of carbonyl (C=O) groups excluding carboxylic acids is 2. The Morgan fingerprint density at radius 1 is 1.19 bits per heavy atom. The van der Waals surface area contributed by atoms with E-state index >= 15 is 0 Å². The molecule has 0 aliphatic carbocycles. The van der Waals surface area contributed by atoms with E-state index in [1.54, 1.807) is 31.2 Å². The van der Waals surface area contributed by atoms with Crippen LogP contribution in [0.5, 0.6) is 17.2 Å². The minimum Gasteiger partial charge on any atom is -0.497 e. The first kappa shape index (κ1) is 20.4. The third-order valence-electron chi connectivity index (χ3n) is 3.36. The molecule has 7 nitrogen and oxygen atoms in total. The lowest BCUT2D eigenvalue weighted by atomic mass is 10.2. The van der Waals surface area contributed by atoms with E-state index < -0.39 is 18.0 Å². The van der Waals surface area contributed by atoms with E-state index in [1.165, 1.54) is 20.2 Å². The zero-order chi connectivity index (χ0) is 19.8. The van der Waals surface area contributed by atoms with Crippen molar-refractivity contribution in [2.75, 3.05) is 7.11 Å². The van der Waals surface area contributed by atoms with Gasteiger partial charge >= 0.3 is 5.97 Å². The number of amides is 1. The Balaban J connectivity index is 2.04. The van der Waals surface area contributed by atoms with Crippen molar-refractivity contribution >= 4 is 34.0 Å². The van der Waals surface area contributed by atoms with Crippen molar-refractivity contribution in [3.05, 3.63) is 52.5 Å². The van der Waals surface area contributed by atoms with Gasteiger partial charge in [0.15, 0.2) is 6.10 Å². The summed E-state index contributed by atoms with van der Waals surface area (Å²) in [6, 6.07) is 12.1. The van der Waals surface area contributed by atoms with Gasteiger partial charge < -0.3 is 14.2 Å². The van der Waals surface area contributed by atoms with Gasteiger partial charge in [0.1, 0.15) is 17.2 Å². The topological polar surface area (TPSA) is 86.2 Å². The molecule has 0 saturated carbocycles. The summed E-state index contributed by atoms with van der Waals surface area (Å²) in [7, 11) is 1.52. The average molecular weight is 435 g/mol. The number of rotatable bonds is 7. The first-order valence-corrected chi connectivity index (χ1v) is 8.80. The molecule has 2 aromatic rings. The number of hydrazone groups is 1. The van der Waals surface area contributed by atoms with Crippen LogP contribution in [0.2, 0.25) is 0 Å². The van der Waals surface area contributed by atoms with Crippen molar-refractivity contribution in [3.63, 3.8) is 0 Å². The predicted molar refractivity (Wildman–Crippen MR) is 104 cm³/mol. The summed E-state index contributed by atoms with van der Waals surface area (Å²) in [5, 5.41) is 3.91. The van der Waals surface area contributed by atoms with E-state index in [1.807, 2.05) is 18.2 Å². The van der Waals surface area contributed by atoms with Crippen LogP contribution in [-0.2, 0) is 9.59 Å². The molecule has 0 bridgehead atoms. The molecule has 8 heteroatoms. The Morgan fingerprint density at radius 3 is 2.59 bits per heavy atom. The van der Waals surface area contributed by atoms with Gasteiger partial charge in [-0.3, -0.25) is 9.59 Å². The highest BCUT2D eigenvalue weighted by Gasteiger charge is 2.15. The van der Waals surface area contributed by atoms with E-state index in [4.69, 9.17) is 14.2 Å². The molecule has 0 heterocycles. The minimum atomic E-state index is -0.765. The minimum absolute atomic E-state index is 0.304. The molecule has 0 fully saturated rings. The van der Waals surface area contributed by atoms with Gasteiger partial charge in [0.05, 0.1) is 17.8 Å². The van der Waals surface area contributed by atoms with Crippen LogP contribution < -0.4 is 19.6 Å². The lowest BCUT2D eigenvalue weighted by Gasteiger charge is -2.14. The largest absolute Gasteiger partial charge is 0.497 e. The highest BCUT2D eigenvalue weighted by molar-refractivity contribution is 9.10. The van der Waals surface area contributed by atoms with E-state index in [0.29, 0.717) is 22.8 Å². The van der Waals surface area contributed by atoms with Gasteiger partial charge in [-0.15, -0.1) is 0 Å². The molecule has 1 amide bonds. The summed E-state index contributed by atoms with van der Waals surface area (Å²) in [5.41, 5.74) is 2.87. The van der Waals surface area contributed by atoms with Crippen molar-refractivity contribution < 1.29 is 23.8 Å². The van der Waals surface area contributed by atoms with E-state index in [2.05, 4.69) is 26.5 Å². The molecule has 1 N–H and O–H groups in total. The number of benzene rings is 2. The zero-order valence-corrected chi connectivity index (χ0v) is 16.6. The van der Waals surface area contributed by atoms with Gasteiger partial charge in [-0.05, 0) is 53.2 Å². The molecule has 0 aliphatic heterocycles. The van der Waals surface area contributed by atoms with Crippen LogP contribution in [0.4, 0.5) is 0 Å². The number of methoxy groups -OCH3 is 1. The van der Waals surface area contributed by atoms with Gasteiger partial charge in [0.25, 0.3) is 5.91 Å². The summed E-state index contributed by atoms with van der Waals surface area (Å²) in [6.45, 7) is 2.91. The quantitative estimate of drug-likeness (QED) is 0.312. The Morgan fingerprint density at radius 2 is 1.93 bits per heavy atom. The van der Waals surface area contributed by atoms with Gasteiger partial charge in [0.2, 0.25) is 0 Å². The van der Waals surface area contributed by atoms with Crippen LogP contribution in [0.1, 0.15) is 19.4 Å². The number of halogens is 1. The van der Waals surface area contributed by atoms with Crippen LogP contribution in [0.3, 0.4) is 0 Å². The first-order chi connectivity index (χ1) is 12.9. The Labute approximate surface area is 165 Å². The van der Waals surface area contributed by atoms with Crippen LogP contribution >= 0.6 is 15.9 Å². The highest BCUT2D eigenvalue weighted by atomic mass is 79.9. The number of hydrogen-bond acceptors (Lipinski definition) is 6. The van der Waals surface area contributed by atoms with Gasteiger partial charge in [0, 0.05) is 12.5 Å². The fraction of sp³-hybridized carbons (Fsp3) is 0.211. The first-order valence-electron chi connectivity index (χ1n) is 8.01. The number of hydrogen-bond donors (Lipinski definition) is 1. The Kier molecular flexibility index (Phi) is 7.36. The predicted octanol–water partition coefficient (Wildman–Crippen LogP) is 3.30. The number of esters is 1. The second-order valence-corrected chi connectivity index (χ2v) is 6.28. The van der Waals surface area contributed by atoms with Crippen LogP contribution in [-0.4, -0.2) is 31.3 Å². The molecule has 2 aromatic carbocycles. The molecule has 1 atom stereocenters. The monoisotopic (exact) mass is 434 g/mol. The fourth-order valence-corrected chi connectivity index (χ4v) is 2.42. The molecule has 0 saturated heterocycles. The van der Waals surface area contributed by atoms with Crippen molar-refractivity contribution in [2.45, 2.75) is 20.0 Å². The number of nitrogens with zero attached hydrogens (tertiary/aromatic N) is 1. The van der Waals surface area contributed by atoms with Crippen LogP contribution in [0.25, 0.3) is 0 Å². The standard InChI is InChI=1S/C19H19BrN2O5/c1-12(26-18-7-5-4-6-16(18)20)19(24)22-21-11-14-10-15(25-3)8-9-17(14)27-13(2)23/h4-12H,1-3H3,(H,22,24)/b21-11-/t12-/m1/s1. The number of carbonyl (C=O) groups is 2. The fourth-order valence-electron chi connectivity index (χ4n) is 2.04. The summed E-state index contributed by atoms with van der Waals surface area (Å²) in [4.78, 5) is 23.4. The summed E-state index contributed by atoms with van der Waals surface area (Å²) in [5.74, 6) is 0.519. The maximum absolute atomic E-state index is 12.2.